The highest BCUT2D eigenvalue weighted by atomic mass is 16.2. The third-order valence-electron chi connectivity index (χ3n) is 7.84. The number of nitrogens with zero attached hydrogens (tertiary/aromatic N) is 4. The van der Waals surface area contributed by atoms with E-state index in [1.165, 1.54) is 17.4 Å². The number of aromatic nitrogens is 3. The lowest BCUT2D eigenvalue weighted by molar-refractivity contribution is -0.135. The number of benzene rings is 1. The van der Waals surface area contributed by atoms with Gasteiger partial charge in [-0.15, -0.1) is 0 Å². The minimum Gasteiger partial charge on any atom is -0.357 e. The van der Waals surface area contributed by atoms with Crippen molar-refractivity contribution in [3.05, 3.63) is 47.0 Å². The van der Waals surface area contributed by atoms with Crippen LogP contribution in [0.2, 0.25) is 0 Å². The van der Waals surface area contributed by atoms with Crippen LogP contribution in [0.3, 0.4) is 0 Å². The van der Waals surface area contributed by atoms with Crippen LogP contribution in [0.15, 0.2) is 41.3 Å². The Morgan fingerprint density at radius 1 is 1.00 bits per heavy atom. The molecule has 6 rings (SSSR count). The van der Waals surface area contributed by atoms with Crippen LogP contribution in [0.5, 0.6) is 0 Å². The molecule has 34 heavy (non-hydrogen) atoms. The van der Waals surface area contributed by atoms with Crippen LogP contribution in [0.1, 0.15) is 31.7 Å². The quantitative estimate of drug-likeness (QED) is 0.576. The first-order valence-corrected chi connectivity index (χ1v) is 11.9. The average Bonchev–Trinajstić information content (AvgIpc) is 3.08. The van der Waals surface area contributed by atoms with Crippen molar-refractivity contribution in [1.82, 2.24) is 24.8 Å². The van der Waals surface area contributed by atoms with Crippen LogP contribution in [-0.2, 0) is 16.6 Å². The number of rotatable bonds is 3. The molecule has 2 amide bonds. The summed E-state index contributed by atoms with van der Waals surface area (Å²) in [5, 5.41) is 5.75. The van der Waals surface area contributed by atoms with E-state index in [0.717, 1.165) is 48.6 Å². The first-order chi connectivity index (χ1) is 16.4. The van der Waals surface area contributed by atoms with Crippen molar-refractivity contribution in [2.24, 2.45) is 12.5 Å². The molecule has 2 N–H and O–H groups in total. The topological polar surface area (TPSA) is 101 Å². The summed E-state index contributed by atoms with van der Waals surface area (Å²) in [5.41, 5.74) is 3.60. The number of hydrogen-bond acceptors (Lipinski definition) is 6. The number of carbonyl (C=O) groups excluding carboxylic acids is 2. The maximum atomic E-state index is 13.0. The summed E-state index contributed by atoms with van der Waals surface area (Å²) in [4.78, 5) is 44.0. The lowest BCUT2D eigenvalue weighted by Gasteiger charge is -2.48. The largest absolute Gasteiger partial charge is 0.357 e. The van der Waals surface area contributed by atoms with E-state index in [0.29, 0.717) is 17.4 Å². The van der Waals surface area contributed by atoms with Crippen LogP contribution >= 0.6 is 0 Å². The lowest BCUT2D eigenvalue weighted by atomic mass is 9.73. The van der Waals surface area contributed by atoms with Crippen molar-refractivity contribution in [2.45, 2.75) is 31.7 Å². The second-order valence-corrected chi connectivity index (χ2v) is 9.88. The number of imide groups is 1. The molecular weight excluding hydrogens is 432 g/mol. The molecule has 0 bridgehead atoms. The van der Waals surface area contributed by atoms with Crippen LogP contribution < -0.4 is 21.2 Å². The number of fused-ring (bicyclic) bond motifs is 1. The molecule has 176 valence electrons. The molecule has 0 aliphatic carbocycles. The first kappa shape index (κ1) is 21.1. The van der Waals surface area contributed by atoms with E-state index in [4.69, 9.17) is 4.98 Å². The van der Waals surface area contributed by atoms with Crippen molar-refractivity contribution < 1.29 is 9.59 Å². The minimum absolute atomic E-state index is 0.226. The van der Waals surface area contributed by atoms with Crippen LogP contribution in [-0.4, -0.2) is 52.1 Å². The lowest BCUT2D eigenvalue weighted by Crippen LogP contribution is -2.58. The maximum absolute atomic E-state index is 13.0. The molecule has 3 fully saturated rings. The van der Waals surface area contributed by atoms with E-state index in [-0.39, 0.29) is 18.0 Å². The second kappa shape index (κ2) is 7.80. The Bertz CT molecular complexity index is 1340. The van der Waals surface area contributed by atoms with Gasteiger partial charge in [0.05, 0.1) is 11.0 Å². The number of hydrogen-bond donors (Lipinski definition) is 2. The molecule has 9 nitrogen and oxygen atoms in total. The second-order valence-electron chi connectivity index (χ2n) is 9.88. The summed E-state index contributed by atoms with van der Waals surface area (Å²) in [6.45, 7) is 4.36. The van der Waals surface area contributed by atoms with E-state index in [1.807, 2.05) is 24.4 Å². The van der Waals surface area contributed by atoms with Crippen LogP contribution in [0.25, 0.3) is 22.2 Å². The minimum atomic E-state index is -0.680. The zero-order valence-electron chi connectivity index (χ0n) is 19.2. The summed E-state index contributed by atoms with van der Waals surface area (Å²) in [7, 11) is 1.71. The molecule has 5 heterocycles. The number of aryl methyl sites for hydroxylation is 1. The number of imidazole rings is 1. The zero-order valence-corrected chi connectivity index (χ0v) is 19.2. The van der Waals surface area contributed by atoms with E-state index < -0.39 is 11.9 Å². The molecular formula is C25H28N6O3. The summed E-state index contributed by atoms with van der Waals surface area (Å²) in [6.07, 6.45) is 4.85. The SMILES string of the molecule is Cn1c(=O)n(C2CCC(=O)NC2=O)c2ccc(-c3ccc(N4CCC5(CC4)CNC5)nc3)cc21. The van der Waals surface area contributed by atoms with Gasteiger partial charge in [0.25, 0.3) is 0 Å². The third-order valence-corrected chi connectivity index (χ3v) is 7.84. The van der Waals surface area contributed by atoms with Gasteiger partial charge >= 0.3 is 5.69 Å². The van der Waals surface area contributed by atoms with Gasteiger partial charge in [0.2, 0.25) is 11.8 Å². The van der Waals surface area contributed by atoms with Crippen LogP contribution in [0.4, 0.5) is 5.82 Å². The van der Waals surface area contributed by atoms with Crippen molar-refractivity contribution in [3.63, 3.8) is 0 Å². The standard InChI is InChI=1S/C25H28N6O3/c1-29-20-12-16(2-4-18(20)31(24(29)34)19-5-7-22(32)28-23(19)33)17-3-6-21(27-13-17)30-10-8-25(9-11-30)14-26-15-25/h2-4,6,12-13,19,26H,5,7-11,14-15H2,1H3,(H,28,32,33). The molecule has 3 saturated heterocycles. The number of nitrogens with one attached hydrogen (secondary N) is 2. The maximum Gasteiger partial charge on any atom is 0.329 e. The Hall–Kier alpha value is -3.46. The highest BCUT2D eigenvalue weighted by molar-refractivity contribution is 6.00. The molecule has 0 radical (unpaired) electrons. The van der Waals surface area contributed by atoms with Gasteiger partial charge in [0.15, 0.2) is 0 Å². The number of anilines is 1. The fraction of sp³-hybridized carbons (Fsp3) is 0.440. The van der Waals surface area contributed by atoms with E-state index in [9.17, 15) is 14.4 Å². The third kappa shape index (κ3) is 3.34. The summed E-state index contributed by atoms with van der Waals surface area (Å²) >= 11 is 0. The molecule has 1 spiro atoms. The van der Waals surface area contributed by atoms with E-state index >= 15 is 0 Å². The van der Waals surface area contributed by atoms with E-state index in [1.54, 1.807) is 11.6 Å². The highest BCUT2D eigenvalue weighted by Crippen LogP contribution is 2.36. The summed E-state index contributed by atoms with van der Waals surface area (Å²) in [6, 6.07) is 9.26. The van der Waals surface area contributed by atoms with Gasteiger partial charge in [-0.1, -0.05) is 6.07 Å². The Morgan fingerprint density at radius 3 is 2.41 bits per heavy atom. The van der Waals surface area contributed by atoms with Gasteiger partial charge in [-0.05, 0) is 54.5 Å². The Morgan fingerprint density at radius 2 is 1.76 bits per heavy atom. The monoisotopic (exact) mass is 460 g/mol. The zero-order chi connectivity index (χ0) is 23.4. The smallest absolute Gasteiger partial charge is 0.329 e. The normalized spacial score (nSPS) is 22.1. The summed E-state index contributed by atoms with van der Waals surface area (Å²) < 4.78 is 3.06. The molecule has 3 aliphatic rings. The predicted molar refractivity (Wildman–Crippen MR) is 129 cm³/mol. The van der Waals surface area contributed by atoms with Gasteiger partial charge in [0, 0.05) is 51.4 Å². The van der Waals surface area contributed by atoms with Gasteiger partial charge in [-0.2, -0.15) is 0 Å². The fourth-order valence-corrected chi connectivity index (χ4v) is 5.56. The number of amides is 2. The Labute approximate surface area is 196 Å². The highest BCUT2D eigenvalue weighted by Gasteiger charge is 2.39. The number of piperidine rings is 2. The van der Waals surface area contributed by atoms with Crippen molar-refractivity contribution in [1.29, 1.82) is 0 Å². The molecule has 9 heteroatoms. The van der Waals surface area contributed by atoms with Crippen molar-refractivity contribution in [3.8, 4) is 11.1 Å². The Kier molecular flexibility index (Phi) is 4.84. The van der Waals surface area contributed by atoms with Gasteiger partial charge in [-0.25, -0.2) is 9.78 Å². The molecule has 2 aromatic heterocycles. The molecule has 1 atom stereocenters. The van der Waals surface area contributed by atoms with Gasteiger partial charge in [0.1, 0.15) is 11.9 Å². The van der Waals surface area contributed by atoms with E-state index in [2.05, 4.69) is 27.7 Å². The number of pyridine rings is 1. The molecule has 0 saturated carbocycles. The van der Waals surface area contributed by atoms with Gasteiger partial charge in [-0.3, -0.25) is 24.0 Å². The Balaban J connectivity index is 1.27. The van der Waals surface area contributed by atoms with Gasteiger partial charge < -0.3 is 10.2 Å². The predicted octanol–water partition coefficient (Wildman–Crippen LogP) is 1.57. The fourth-order valence-electron chi connectivity index (χ4n) is 5.56. The number of carbonyl (C=O) groups is 2. The molecule has 3 aromatic rings. The average molecular weight is 461 g/mol. The molecule has 1 unspecified atom stereocenters. The molecule has 1 aromatic carbocycles. The van der Waals surface area contributed by atoms with Crippen LogP contribution in [0, 0.1) is 5.41 Å². The first-order valence-electron chi connectivity index (χ1n) is 11.9. The van der Waals surface area contributed by atoms with Crippen molar-refractivity contribution >= 4 is 28.7 Å². The molecule has 3 aliphatic heterocycles. The summed E-state index contributed by atoms with van der Waals surface area (Å²) in [5.74, 6) is 0.284. The van der Waals surface area contributed by atoms with Crippen molar-refractivity contribution in [2.75, 3.05) is 31.1 Å².